The topological polar surface area (TPSA) is 29.5 Å². The van der Waals surface area contributed by atoms with Crippen molar-refractivity contribution in [1.29, 1.82) is 0 Å². The van der Waals surface area contributed by atoms with Crippen molar-refractivity contribution in [3.05, 3.63) is 29.8 Å². The fourth-order valence-electron chi connectivity index (χ4n) is 1.55. The van der Waals surface area contributed by atoms with Crippen LogP contribution in [0.5, 0.6) is 5.75 Å². The molecule has 0 aliphatic rings. The summed E-state index contributed by atoms with van der Waals surface area (Å²) in [6.07, 6.45) is 0.829. The van der Waals surface area contributed by atoms with Crippen LogP contribution in [0.25, 0.3) is 0 Å². The molecule has 0 bridgehead atoms. The number of hydrogen-bond acceptors (Lipinski definition) is 3. The van der Waals surface area contributed by atoms with E-state index in [4.69, 9.17) is 4.74 Å². The molecule has 0 aliphatic heterocycles. The molecule has 96 valence electrons. The van der Waals surface area contributed by atoms with Gasteiger partial charge < -0.3 is 9.84 Å². The van der Waals surface area contributed by atoms with Crippen molar-refractivity contribution in [1.82, 2.24) is 0 Å². The predicted octanol–water partition coefficient (Wildman–Crippen LogP) is 3.65. The van der Waals surface area contributed by atoms with Gasteiger partial charge in [0.2, 0.25) is 0 Å². The first kappa shape index (κ1) is 14.4. The molecule has 0 saturated carbocycles. The first-order valence-corrected chi connectivity index (χ1v) is 7.32. The Kier molecular flexibility index (Phi) is 6.45. The first-order valence-electron chi connectivity index (χ1n) is 6.16. The highest BCUT2D eigenvalue weighted by Crippen LogP contribution is 2.28. The number of rotatable bonds is 7. The lowest BCUT2D eigenvalue weighted by Gasteiger charge is -2.17. The van der Waals surface area contributed by atoms with Gasteiger partial charge in [-0.05, 0) is 32.1 Å². The molecule has 1 rings (SSSR count). The second kappa shape index (κ2) is 7.62. The zero-order chi connectivity index (χ0) is 12.7. The largest absolute Gasteiger partial charge is 0.491 e. The monoisotopic (exact) mass is 254 g/mol. The van der Waals surface area contributed by atoms with Crippen LogP contribution in [0.1, 0.15) is 38.9 Å². The van der Waals surface area contributed by atoms with E-state index in [9.17, 15) is 5.11 Å². The lowest BCUT2D eigenvalue weighted by Crippen LogP contribution is -2.10. The van der Waals surface area contributed by atoms with Crippen LogP contribution >= 0.6 is 11.8 Å². The molecule has 0 amide bonds. The van der Waals surface area contributed by atoms with E-state index in [-0.39, 0.29) is 6.10 Å². The fourth-order valence-corrected chi connectivity index (χ4v) is 2.40. The van der Waals surface area contributed by atoms with E-state index < -0.39 is 6.10 Å². The second-order valence-corrected chi connectivity index (χ2v) is 5.44. The summed E-state index contributed by atoms with van der Waals surface area (Å²) >= 11 is 1.78. The van der Waals surface area contributed by atoms with E-state index >= 15 is 0 Å². The van der Waals surface area contributed by atoms with E-state index in [1.54, 1.807) is 11.8 Å². The van der Waals surface area contributed by atoms with Gasteiger partial charge >= 0.3 is 0 Å². The molecule has 1 aromatic rings. The fraction of sp³-hybridized carbons (Fsp3) is 0.571. The number of thioether (sulfide) groups is 1. The van der Waals surface area contributed by atoms with Gasteiger partial charge in [0.25, 0.3) is 0 Å². The van der Waals surface area contributed by atoms with Crippen molar-refractivity contribution >= 4 is 11.8 Å². The van der Waals surface area contributed by atoms with E-state index in [0.717, 1.165) is 29.2 Å². The van der Waals surface area contributed by atoms with Crippen LogP contribution in [0.15, 0.2) is 24.3 Å². The van der Waals surface area contributed by atoms with Gasteiger partial charge in [-0.25, -0.2) is 0 Å². The average molecular weight is 254 g/mol. The zero-order valence-electron chi connectivity index (χ0n) is 10.8. The molecule has 0 aliphatic carbocycles. The zero-order valence-corrected chi connectivity index (χ0v) is 11.7. The van der Waals surface area contributed by atoms with Crippen LogP contribution in [0.2, 0.25) is 0 Å². The Labute approximate surface area is 108 Å². The predicted molar refractivity (Wildman–Crippen MR) is 74.8 cm³/mol. The Hall–Kier alpha value is -0.670. The van der Waals surface area contributed by atoms with Gasteiger partial charge in [0, 0.05) is 11.3 Å². The third-order valence-corrected chi connectivity index (χ3v) is 3.51. The van der Waals surface area contributed by atoms with Gasteiger partial charge in [0.1, 0.15) is 5.75 Å². The summed E-state index contributed by atoms with van der Waals surface area (Å²) in [6.45, 7) is 6.14. The van der Waals surface area contributed by atoms with Crippen molar-refractivity contribution in [3.63, 3.8) is 0 Å². The maximum absolute atomic E-state index is 10.1. The average Bonchev–Trinajstić information content (AvgIpc) is 2.29. The summed E-state index contributed by atoms with van der Waals surface area (Å²) in [5, 5.41) is 10.1. The molecule has 17 heavy (non-hydrogen) atoms. The number of benzene rings is 1. The van der Waals surface area contributed by atoms with Crippen LogP contribution in [0, 0.1) is 0 Å². The molecule has 0 heterocycles. The Bertz CT molecular complexity index is 326. The summed E-state index contributed by atoms with van der Waals surface area (Å²) in [5.41, 5.74) is 0.893. The molecule has 1 unspecified atom stereocenters. The van der Waals surface area contributed by atoms with Crippen molar-refractivity contribution in [2.45, 2.75) is 39.4 Å². The maximum atomic E-state index is 10.1. The van der Waals surface area contributed by atoms with Crippen molar-refractivity contribution < 1.29 is 9.84 Å². The number of ether oxygens (including phenoxy) is 1. The normalized spacial score (nSPS) is 12.8. The van der Waals surface area contributed by atoms with Crippen molar-refractivity contribution in [3.8, 4) is 5.75 Å². The highest BCUT2D eigenvalue weighted by molar-refractivity contribution is 7.99. The Morgan fingerprint density at radius 3 is 2.65 bits per heavy atom. The standard InChI is InChI=1S/C14H22O2S/c1-4-9-17-10-13(15)12-7-5-6-8-14(12)16-11(2)3/h5-8,11,13,15H,4,9-10H2,1-3H3. The van der Waals surface area contributed by atoms with Crippen molar-refractivity contribution in [2.75, 3.05) is 11.5 Å². The lowest BCUT2D eigenvalue weighted by atomic mass is 10.1. The summed E-state index contributed by atoms with van der Waals surface area (Å²) in [6, 6.07) is 7.74. The molecular formula is C14H22O2S. The molecule has 1 aromatic carbocycles. The van der Waals surface area contributed by atoms with E-state index in [2.05, 4.69) is 6.92 Å². The van der Waals surface area contributed by atoms with Gasteiger partial charge in [-0.1, -0.05) is 25.1 Å². The molecule has 3 heteroatoms. The smallest absolute Gasteiger partial charge is 0.125 e. The van der Waals surface area contributed by atoms with Crippen LogP contribution < -0.4 is 4.74 Å². The molecular weight excluding hydrogens is 232 g/mol. The second-order valence-electron chi connectivity index (χ2n) is 4.30. The summed E-state index contributed by atoms with van der Waals surface area (Å²) in [4.78, 5) is 0. The molecule has 0 aromatic heterocycles. The summed E-state index contributed by atoms with van der Waals surface area (Å²) < 4.78 is 5.70. The van der Waals surface area contributed by atoms with E-state index in [0.29, 0.717) is 0 Å². The Morgan fingerprint density at radius 2 is 2.00 bits per heavy atom. The number of para-hydroxylation sites is 1. The maximum Gasteiger partial charge on any atom is 0.125 e. The lowest BCUT2D eigenvalue weighted by molar-refractivity contribution is 0.186. The third-order valence-electron chi connectivity index (χ3n) is 2.26. The minimum Gasteiger partial charge on any atom is -0.491 e. The molecule has 1 N–H and O–H groups in total. The van der Waals surface area contributed by atoms with Crippen molar-refractivity contribution in [2.24, 2.45) is 0 Å². The highest BCUT2D eigenvalue weighted by Gasteiger charge is 2.13. The van der Waals surface area contributed by atoms with Crippen LogP contribution in [0.4, 0.5) is 0 Å². The number of aliphatic hydroxyl groups excluding tert-OH is 1. The SMILES string of the molecule is CCCSCC(O)c1ccccc1OC(C)C. The van der Waals surface area contributed by atoms with Crippen LogP contribution in [0.3, 0.4) is 0 Å². The molecule has 1 atom stereocenters. The van der Waals surface area contributed by atoms with Crippen LogP contribution in [-0.4, -0.2) is 22.7 Å². The molecule has 0 spiro atoms. The molecule has 2 nitrogen and oxygen atoms in total. The van der Waals surface area contributed by atoms with Gasteiger partial charge in [0.05, 0.1) is 12.2 Å². The minimum absolute atomic E-state index is 0.131. The van der Waals surface area contributed by atoms with Gasteiger partial charge in [-0.15, -0.1) is 0 Å². The number of aliphatic hydroxyl groups is 1. The first-order chi connectivity index (χ1) is 8.15. The summed E-state index contributed by atoms with van der Waals surface area (Å²) in [5.74, 6) is 2.61. The van der Waals surface area contributed by atoms with Gasteiger partial charge in [-0.2, -0.15) is 11.8 Å². The van der Waals surface area contributed by atoms with E-state index in [1.807, 2.05) is 38.1 Å². The minimum atomic E-state index is -0.443. The Morgan fingerprint density at radius 1 is 1.29 bits per heavy atom. The molecule has 0 radical (unpaired) electrons. The molecule has 0 fully saturated rings. The van der Waals surface area contributed by atoms with Gasteiger partial charge in [0.15, 0.2) is 0 Å². The quantitative estimate of drug-likeness (QED) is 0.753. The third kappa shape index (κ3) is 5.00. The van der Waals surface area contributed by atoms with E-state index in [1.165, 1.54) is 0 Å². The number of hydrogen-bond donors (Lipinski definition) is 1. The molecule has 0 saturated heterocycles. The van der Waals surface area contributed by atoms with Gasteiger partial charge in [-0.3, -0.25) is 0 Å². The summed E-state index contributed by atoms with van der Waals surface area (Å²) in [7, 11) is 0. The van der Waals surface area contributed by atoms with Crippen LogP contribution in [-0.2, 0) is 0 Å². The Balaban J connectivity index is 2.67. The highest BCUT2D eigenvalue weighted by atomic mass is 32.2.